The Labute approximate surface area is 114 Å². The van der Waals surface area contributed by atoms with Gasteiger partial charge in [0.05, 0.1) is 19.3 Å². The Morgan fingerprint density at radius 1 is 1.42 bits per heavy atom. The summed E-state index contributed by atoms with van der Waals surface area (Å²) in [5, 5.41) is 13.6. The van der Waals surface area contributed by atoms with Gasteiger partial charge in [0.2, 0.25) is 0 Å². The van der Waals surface area contributed by atoms with Crippen LogP contribution < -0.4 is 10.1 Å². The first kappa shape index (κ1) is 14.3. The minimum absolute atomic E-state index is 0.310. The molecule has 0 aliphatic carbocycles. The van der Waals surface area contributed by atoms with Gasteiger partial charge in [-0.05, 0) is 37.5 Å². The number of ether oxygens (including phenoxy) is 2. The lowest BCUT2D eigenvalue weighted by atomic mass is 10.0. The fraction of sp³-hybridized carbons (Fsp3) is 0.600. The molecule has 106 valence electrons. The summed E-state index contributed by atoms with van der Waals surface area (Å²) in [5.41, 5.74) is 0.911. The Hall–Kier alpha value is -1.10. The second-order valence-corrected chi connectivity index (χ2v) is 5.10. The molecule has 0 radical (unpaired) electrons. The zero-order valence-electron chi connectivity index (χ0n) is 11.6. The summed E-state index contributed by atoms with van der Waals surface area (Å²) in [7, 11) is 1.64. The van der Waals surface area contributed by atoms with E-state index in [1.807, 2.05) is 24.3 Å². The van der Waals surface area contributed by atoms with Gasteiger partial charge in [0.15, 0.2) is 0 Å². The van der Waals surface area contributed by atoms with Crippen molar-refractivity contribution in [1.82, 2.24) is 5.32 Å². The molecule has 1 aromatic carbocycles. The van der Waals surface area contributed by atoms with Crippen LogP contribution in [-0.4, -0.2) is 37.5 Å². The molecule has 4 heteroatoms. The third-order valence-electron chi connectivity index (χ3n) is 3.59. The van der Waals surface area contributed by atoms with Crippen molar-refractivity contribution in [1.29, 1.82) is 0 Å². The average Bonchev–Trinajstić information content (AvgIpc) is 2.45. The van der Waals surface area contributed by atoms with Crippen molar-refractivity contribution < 1.29 is 14.6 Å². The summed E-state index contributed by atoms with van der Waals surface area (Å²) >= 11 is 0. The number of benzene rings is 1. The molecule has 0 saturated carbocycles. The lowest BCUT2D eigenvalue weighted by molar-refractivity contribution is 0.0109. The number of aliphatic hydroxyl groups excluding tert-OH is 1. The Morgan fingerprint density at radius 2 is 2.16 bits per heavy atom. The smallest absolute Gasteiger partial charge is 0.118 e. The van der Waals surface area contributed by atoms with Gasteiger partial charge >= 0.3 is 0 Å². The normalized spacial score (nSPS) is 25.0. The SMILES string of the molecule is COc1ccc(C(O)CNC2CCOC(C)C2)cc1. The summed E-state index contributed by atoms with van der Waals surface area (Å²) in [6.45, 7) is 3.47. The van der Waals surface area contributed by atoms with Crippen LogP contribution in [0.5, 0.6) is 5.75 Å². The van der Waals surface area contributed by atoms with Crippen LogP contribution >= 0.6 is 0 Å². The highest BCUT2D eigenvalue weighted by atomic mass is 16.5. The van der Waals surface area contributed by atoms with Crippen LogP contribution in [0, 0.1) is 0 Å². The number of nitrogens with one attached hydrogen (secondary N) is 1. The first-order valence-corrected chi connectivity index (χ1v) is 6.86. The molecule has 1 saturated heterocycles. The number of aliphatic hydroxyl groups is 1. The molecule has 1 aliphatic heterocycles. The molecule has 3 atom stereocenters. The highest BCUT2D eigenvalue weighted by molar-refractivity contribution is 5.28. The molecule has 1 fully saturated rings. The van der Waals surface area contributed by atoms with E-state index >= 15 is 0 Å². The maximum atomic E-state index is 10.1. The van der Waals surface area contributed by atoms with Crippen LogP contribution in [0.15, 0.2) is 24.3 Å². The Morgan fingerprint density at radius 3 is 2.79 bits per heavy atom. The minimum Gasteiger partial charge on any atom is -0.497 e. The molecule has 0 amide bonds. The van der Waals surface area contributed by atoms with Crippen molar-refractivity contribution in [2.45, 2.75) is 38.0 Å². The van der Waals surface area contributed by atoms with E-state index in [2.05, 4.69) is 12.2 Å². The number of methoxy groups -OCH3 is 1. The third-order valence-corrected chi connectivity index (χ3v) is 3.59. The molecule has 3 unspecified atom stereocenters. The molecule has 1 heterocycles. The summed E-state index contributed by atoms with van der Waals surface area (Å²) < 4.78 is 10.6. The van der Waals surface area contributed by atoms with E-state index in [9.17, 15) is 5.11 Å². The predicted octanol–water partition coefficient (Wildman–Crippen LogP) is 1.89. The lowest BCUT2D eigenvalue weighted by Crippen LogP contribution is -2.39. The van der Waals surface area contributed by atoms with E-state index in [0.29, 0.717) is 18.7 Å². The largest absolute Gasteiger partial charge is 0.497 e. The molecule has 2 rings (SSSR count). The van der Waals surface area contributed by atoms with Crippen molar-refractivity contribution in [2.75, 3.05) is 20.3 Å². The first-order valence-electron chi connectivity index (χ1n) is 6.86. The van der Waals surface area contributed by atoms with Crippen LogP contribution in [0.25, 0.3) is 0 Å². The van der Waals surface area contributed by atoms with E-state index in [0.717, 1.165) is 30.8 Å². The minimum atomic E-state index is -0.482. The molecule has 0 bridgehead atoms. The van der Waals surface area contributed by atoms with Gasteiger partial charge in [-0.2, -0.15) is 0 Å². The van der Waals surface area contributed by atoms with Gasteiger partial charge in [0, 0.05) is 19.2 Å². The van der Waals surface area contributed by atoms with Crippen LogP contribution in [0.1, 0.15) is 31.4 Å². The first-order chi connectivity index (χ1) is 9.19. The molecule has 19 heavy (non-hydrogen) atoms. The number of hydrogen-bond donors (Lipinski definition) is 2. The predicted molar refractivity (Wildman–Crippen MR) is 74.4 cm³/mol. The second-order valence-electron chi connectivity index (χ2n) is 5.10. The molecular formula is C15H23NO3. The molecule has 2 N–H and O–H groups in total. The molecule has 1 aromatic rings. The lowest BCUT2D eigenvalue weighted by Gasteiger charge is -2.28. The van der Waals surface area contributed by atoms with Crippen molar-refractivity contribution in [3.8, 4) is 5.75 Å². The maximum absolute atomic E-state index is 10.1. The van der Waals surface area contributed by atoms with E-state index in [1.165, 1.54) is 0 Å². The van der Waals surface area contributed by atoms with Gasteiger partial charge in [-0.1, -0.05) is 12.1 Å². The second kappa shape index (κ2) is 6.89. The third kappa shape index (κ3) is 4.20. The molecule has 0 aromatic heterocycles. The summed E-state index contributed by atoms with van der Waals surface area (Å²) in [5.74, 6) is 0.808. The van der Waals surface area contributed by atoms with Crippen molar-refractivity contribution in [2.24, 2.45) is 0 Å². The van der Waals surface area contributed by atoms with Gasteiger partial charge in [0.1, 0.15) is 5.75 Å². The summed E-state index contributed by atoms with van der Waals surface area (Å²) in [4.78, 5) is 0. The number of rotatable bonds is 5. The molecular weight excluding hydrogens is 242 g/mol. The van der Waals surface area contributed by atoms with Crippen LogP contribution in [0.2, 0.25) is 0 Å². The maximum Gasteiger partial charge on any atom is 0.118 e. The van der Waals surface area contributed by atoms with Crippen molar-refractivity contribution in [3.05, 3.63) is 29.8 Å². The zero-order chi connectivity index (χ0) is 13.7. The highest BCUT2D eigenvalue weighted by Crippen LogP contribution is 2.18. The van der Waals surface area contributed by atoms with Crippen LogP contribution in [-0.2, 0) is 4.74 Å². The Bertz CT molecular complexity index is 379. The summed E-state index contributed by atoms with van der Waals surface area (Å²) in [6.07, 6.45) is 1.85. The standard InChI is InChI=1S/C15H23NO3/c1-11-9-13(7-8-19-11)16-10-15(17)12-3-5-14(18-2)6-4-12/h3-6,11,13,15-17H,7-10H2,1-2H3. The van der Waals surface area contributed by atoms with Gasteiger partial charge in [-0.3, -0.25) is 0 Å². The van der Waals surface area contributed by atoms with Gasteiger partial charge in [0.25, 0.3) is 0 Å². The topological polar surface area (TPSA) is 50.7 Å². The van der Waals surface area contributed by atoms with E-state index in [-0.39, 0.29) is 0 Å². The molecule has 4 nitrogen and oxygen atoms in total. The van der Waals surface area contributed by atoms with Gasteiger partial charge in [-0.15, -0.1) is 0 Å². The summed E-state index contributed by atoms with van der Waals surface area (Å²) in [6, 6.07) is 7.98. The van der Waals surface area contributed by atoms with E-state index in [1.54, 1.807) is 7.11 Å². The number of hydrogen-bond acceptors (Lipinski definition) is 4. The van der Waals surface area contributed by atoms with Crippen molar-refractivity contribution >= 4 is 0 Å². The monoisotopic (exact) mass is 265 g/mol. The van der Waals surface area contributed by atoms with Crippen LogP contribution in [0.3, 0.4) is 0 Å². The zero-order valence-corrected chi connectivity index (χ0v) is 11.6. The average molecular weight is 265 g/mol. The highest BCUT2D eigenvalue weighted by Gasteiger charge is 2.19. The Balaban J connectivity index is 1.81. The molecule has 0 spiro atoms. The fourth-order valence-electron chi connectivity index (χ4n) is 2.41. The van der Waals surface area contributed by atoms with Gasteiger partial charge < -0.3 is 19.9 Å². The molecule has 1 aliphatic rings. The van der Waals surface area contributed by atoms with Crippen molar-refractivity contribution in [3.63, 3.8) is 0 Å². The van der Waals surface area contributed by atoms with Crippen LogP contribution in [0.4, 0.5) is 0 Å². The van der Waals surface area contributed by atoms with Gasteiger partial charge in [-0.25, -0.2) is 0 Å². The fourth-order valence-corrected chi connectivity index (χ4v) is 2.41. The quantitative estimate of drug-likeness (QED) is 0.853. The van der Waals surface area contributed by atoms with E-state index in [4.69, 9.17) is 9.47 Å². The van der Waals surface area contributed by atoms with E-state index < -0.39 is 6.10 Å². The Kier molecular flexibility index (Phi) is 5.19.